The summed E-state index contributed by atoms with van der Waals surface area (Å²) >= 11 is 0. The highest BCUT2D eigenvalue weighted by Gasteiger charge is 2.40. The minimum atomic E-state index is -0.566. The lowest BCUT2D eigenvalue weighted by Gasteiger charge is -2.33. The van der Waals surface area contributed by atoms with Crippen LogP contribution in [0, 0.1) is 5.92 Å². The van der Waals surface area contributed by atoms with E-state index < -0.39 is 5.92 Å². The summed E-state index contributed by atoms with van der Waals surface area (Å²) < 4.78 is 7.01. The van der Waals surface area contributed by atoms with Crippen molar-refractivity contribution < 1.29 is 9.53 Å². The van der Waals surface area contributed by atoms with Gasteiger partial charge in [-0.25, -0.2) is 4.68 Å². The van der Waals surface area contributed by atoms with Gasteiger partial charge in [0.25, 0.3) is 0 Å². The van der Waals surface area contributed by atoms with Crippen LogP contribution in [0.25, 0.3) is 0 Å². The van der Waals surface area contributed by atoms with Crippen molar-refractivity contribution >= 4 is 17.6 Å². The van der Waals surface area contributed by atoms with Gasteiger partial charge in [0.15, 0.2) is 0 Å². The van der Waals surface area contributed by atoms with Crippen molar-refractivity contribution in [1.82, 2.24) is 14.8 Å². The highest BCUT2D eigenvalue weighted by molar-refractivity contribution is 5.79. The zero-order chi connectivity index (χ0) is 18.7. The van der Waals surface area contributed by atoms with Crippen molar-refractivity contribution in [3.8, 4) is 0 Å². The van der Waals surface area contributed by atoms with Gasteiger partial charge in [-0.3, -0.25) is 4.79 Å². The summed E-state index contributed by atoms with van der Waals surface area (Å²) in [6.45, 7) is 12.3. The zero-order valence-electron chi connectivity index (χ0n) is 15.5. The van der Waals surface area contributed by atoms with Crippen LogP contribution in [0.3, 0.4) is 0 Å². The molecule has 138 valence electrons. The van der Waals surface area contributed by atoms with E-state index in [0.717, 1.165) is 24.3 Å². The maximum absolute atomic E-state index is 12.6. The first kappa shape index (κ1) is 18.0. The molecule has 7 heteroatoms. The molecule has 7 nitrogen and oxygen atoms in total. The Morgan fingerprint density at radius 1 is 1.27 bits per heavy atom. The van der Waals surface area contributed by atoms with Gasteiger partial charge in [-0.2, -0.15) is 10.1 Å². The molecule has 0 amide bonds. The van der Waals surface area contributed by atoms with Crippen molar-refractivity contribution in [2.45, 2.75) is 26.8 Å². The number of carbonyl (C=O) groups excluding carboxylic acids is 1. The Balaban J connectivity index is 2.01. The molecule has 1 N–H and O–H groups in total. The molecule has 2 aromatic rings. The summed E-state index contributed by atoms with van der Waals surface area (Å²) in [6, 6.07) is 7.88. The van der Waals surface area contributed by atoms with Crippen molar-refractivity contribution in [3.63, 3.8) is 0 Å². The second kappa shape index (κ2) is 7.59. The lowest BCUT2D eigenvalue weighted by Crippen LogP contribution is -2.37. The van der Waals surface area contributed by atoms with Crippen molar-refractivity contribution in [2.75, 3.05) is 29.9 Å². The predicted octanol–water partition coefficient (Wildman–Crippen LogP) is 2.83. The fourth-order valence-electron chi connectivity index (χ4n) is 3.40. The Labute approximate surface area is 153 Å². The Bertz CT molecular complexity index is 779. The van der Waals surface area contributed by atoms with Gasteiger partial charge in [-0.15, -0.1) is 0 Å². The van der Waals surface area contributed by atoms with Crippen LogP contribution >= 0.6 is 0 Å². The van der Waals surface area contributed by atoms with Gasteiger partial charge >= 0.3 is 5.97 Å². The summed E-state index contributed by atoms with van der Waals surface area (Å²) in [6.07, 6.45) is 1.47. The normalized spacial score (nSPS) is 18.8. The number of nitrogens with zero attached hydrogens (tertiary/aromatic N) is 4. The second-order valence-corrected chi connectivity index (χ2v) is 6.12. The summed E-state index contributed by atoms with van der Waals surface area (Å²) in [5.41, 5.74) is 2.69. The third kappa shape index (κ3) is 3.16. The van der Waals surface area contributed by atoms with Crippen LogP contribution in [0.4, 0.5) is 11.6 Å². The first-order valence-corrected chi connectivity index (χ1v) is 8.97. The minimum Gasteiger partial charge on any atom is -0.465 e. The Morgan fingerprint density at radius 3 is 2.58 bits per heavy atom. The summed E-state index contributed by atoms with van der Waals surface area (Å²) in [5, 5.41) is 7.38. The molecule has 1 aliphatic heterocycles. The number of anilines is 2. The van der Waals surface area contributed by atoms with Crippen LogP contribution in [0.5, 0.6) is 0 Å². The molecular weight excluding hydrogens is 330 g/mol. The van der Waals surface area contributed by atoms with E-state index in [4.69, 9.17) is 4.74 Å². The van der Waals surface area contributed by atoms with Crippen LogP contribution in [-0.2, 0) is 9.53 Å². The summed E-state index contributed by atoms with van der Waals surface area (Å²) in [4.78, 5) is 19.1. The van der Waals surface area contributed by atoms with E-state index >= 15 is 0 Å². The van der Waals surface area contributed by atoms with Crippen LogP contribution in [-0.4, -0.2) is 40.4 Å². The van der Waals surface area contributed by atoms with Crippen LogP contribution in [0.1, 0.15) is 32.4 Å². The Kier molecular flexibility index (Phi) is 5.25. The number of carbonyl (C=O) groups is 1. The van der Waals surface area contributed by atoms with Gasteiger partial charge in [0.05, 0.1) is 12.6 Å². The molecule has 0 spiro atoms. The second-order valence-electron chi connectivity index (χ2n) is 6.12. The van der Waals surface area contributed by atoms with Crippen molar-refractivity contribution in [3.05, 3.63) is 48.4 Å². The highest BCUT2D eigenvalue weighted by Crippen LogP contribution is 2.38. The minimum absolute atomic E-state index is 0.316. The van der Waals surface area contributed by atoms with E-state index in [2.05, 4.69) is 52.9 Å². The predicted molar refractivity (Wildman–Crippen MR) is 101 cm³/mol. The van der Waals surface area contributed by atoms with Gasteiger partial charge in [0.1, 0.15) is 12.2 Å². The molecule has 0 saturated heterocycles. The zero-order valence-corrected chi connectivity index (χ0v) is 15.5. The highest BCUT2D eigenvalue weighted by atomic mass is 16.5. The lowest BCUT2D eigenvalue weighted by molar-refractivity contribution is -0.147. The van der Waals surface area contributed by atoms with Crippen molar-refractivity contribution in [1.29, 1.82) is 0 Å². The first-order chi connectivity index (χ1) is 12.6. The average molecular weight is 355 g/mol. The SMILES string of the molecule is C=C1Nc2ncnn2[C@H](c2ccc(N(CC)CC)cc2)[C@H]1C(=O)OCC. The van der Waals surface area contributed by atoms with Gasteiger partial charge in [0.2, 0.25) is 5.95 Å². The molecule has 1 aromatic carbocycles. The molecule has 1 aromatic heterocycles. The lowest BCUT2D eigenvalue weighted by atomic mass is 9.89. The quantitative estimate of drug-likeness (QED) is 0.804. The van der Waals surface area contributed by atoms with Crippen LogP contribution < -0.4 is 10.2 Å². The van der Waals surface area contributed by atoms with Crippen LogP contribution in [0.2, 0.25) is 0 Å². The molecule has 2 atom stereocenters. The smallest absolute Gasteiger partial charge is 0.317 e. The maximum atomic E-state index is 12.6. The first-order valence-electron chi connectivity index (χ1n) is 8.97. The molecular formula is C19H25N5O2. The average Bonchev–Trinajstić information content (AvgIpc) is 3.10. The van der Waals surface area contributed by atoms with Gasteiger partial charge in [0, 0.05) is 24.5 Å². The number of hydrogen-bond donors (Lipinski definition) is 1. The molecule has 0 fully saturated rings. The van der Waals surface area contributed by atoms with E-state index in [9.17, 15) is 4.79 Å². The number of ether oxygens (including phenoxy) is 1. The number of hydrogen-bond acceptors (Lipinski definition) is 6. The molecule has 0 unspecified atom stereocenters. The molecule has 3 rings (SSSR count). The monoisotopic (exact) mass is 355 g/mol. The Hall–Kier alpha value is -2.83. The van der Waals surface area contributed by atoms with Gasteiger partial charge < -0.3 is 15.0 Å². The van der Waals surface area contributed by atoms with E-state index in [1.165, 1.54) is 6.33 Å². The third-order valence-corrected chi connectivity index (χ3v) is 4.70. The molecule has 0 radical (unpaired) electrons. The molecule has 1 aliphatic rings. The molecule has 0 saturated carbocycles. The largest absolute Gasteiger partial charge is 0.465 e. The third-order valence-electron chi connectivity index (χ3n) is 4.70. The number of nitrogens with one attached hydrogen (secondary N) is 1. The molecule has 0 aliphatic carbocycles. The molecule has 0 bridgehead atoms. The molecule has 26 heavy (non-hydrogen) atoms. The number of rotatable bonds is 6. The van der Waals surface area contributed by atoms with Crippen molar-refractivity contribution in [2.24, 2.45) is 5.92 Å². The van der Waals surface area contributed by atoms with Gasteiger partial charge in [-0.05, 0) is 38.5 Å². The summed E-state index contributed by atoms with van der Waals surface area (Å²) in [5.74, 6) is -0.305. The van der Waals surface area contributed by atoms with E-state index in [0.29, 0.717) is 18.3 Å². The maximum Gasteiger partial charge on any atom is 0.317 e. The van der Waals surface area contributed by atoms with Crippen LogP contribution in [0.15, 0.2) is 42.9 Å². The van der Waals surface area contributed by atoms with E-state index in [1.807, 2.05) is 12.1 Å². The summed E-state index contributed by atoms with van der Waals surface area (Å²) in [7, 11) is 0. The number of esters is 1. The molecule has 2 heterocycles. The van der Waals surface area contributed by atoms with E-state index in [-0.39, 0.29) is 12.0 Å². The standard InChI is InChI=1S/C19H25N5O2/c1-5-23(6-2)15-10-8-14(9-11-15)17-16(18(25)26-7-3)13(4)22-19-20-12-21-24(17)19/h8-12,16-17H,4-7H2,1-3H3,(H,20,21,22)/t16-,17+/m0/s1. The number of aromatic nitrogens is 3. The number of benzene rings is 1. The fraction of sp³-hybridized carbons (Fsp3) is 0.421. The topological polar surface area (TPSA) is 72.3 Å². The Morgan fingerprint density at radius 2 is 1.96 bits per heavy atom. The fourth-order valence-corrected chi connectivity index (χ4v) is 3.40. The number of fused-ring (bicyclic) bond motifs is 1. The van der Waals surface area contributed by atoms with Gasteiger partial charge in [-0.1, -0.05) is 18.7 Å². The van der Waals surface area contributed by atoms with E-state index in [1.54, 1.807) is 11.6 Å².